The van der Waals surface area contributed by atoms with Gasteiger partial charge in [-0.3, -0.25) is 0 Å². The number of esters is 1. The Morgan fingerprint density at radius 3 is 2.58 bits per heavy atom. The first-order valence-electron chi connectivity index (χ1n) is 8.62. The van der Waals surface area contributed by atoms with Crippen molar-refractivity contribution in [2.75, 3.05) is 13.2 Å². The van der Waals surface area contributed by atoms with Crippen LogP contribution in [-0.4, -0.2) is 30.3 Å². The lowest BCUT2D eigenvalue weighted by molar-refractivity contribution is -0.137. The van der Waals surface area contributed by atoms with Gasteiger partial charge >= 0.3 is 12.1 Å². The Kier molecular flexibility index (Phi) is 5.41. The number of phenolic OH excluding ortho intramolecular Hbond substituents is 1. The van der Waals surface area contributed by atoms with Crippen molar-refractivity contribution in [2.24, 2.45) is 0 Å². The summed E-state index contributed by atoms with van der Waals surface area (Å²) in [6.45, 7) is 3.47. The van der Waals surface area contributed by atoms with Crippen LogP contribution in [0.3, 0.4) is 0 Å². The van der Waals surface area contributed by atoms with Crippen molar-refractivity contribution in [3.63, 3.8) is 0 Å². The molecule has 2 aromatic rings. The van der Waals surface area contributed by atoms with Crippen molar-refractivity contribution in [1.82, 2.24) is 5.32 Å². The maximum Gasteiger partial charge on any atom is 0.412 e. The van der Waals surface area contributed by atoms with Crippen molar-refractivity contribution < 1.29 is 24.2 Å². The number of hydrogen-bond acceptors (Lipinski definition) is 5. The molecule has 0 saturated heterocycles. The maximum absolute atomic E-state index is 12.2. The van der Waals surface area contributed by atoms with Gasteiger partial charge in [0.15, 0.2) is 0 Å². The van der Waals surface area contributed by atoms with Gasteiger partial charge in [0, 0.05) is 28.0 Å². The summed E-state index contributed by atoms with van der Waals surface area (Å²) in [6.07, 6.45) is 3.95. The molecule has 0 spiro atoms. The zero-order valence-corrected chi connectivity index (χ0v) is 14.4. The topological polar surface area (TPSA) is 84.9 Å². The molecule has 2 aromatic carbocycles. The highest BCUT2D eigenvalue weighted by Crippen LogP contribution is 2.43. The lowest BCUT2D eigenvalue weighted by Gasteiger charge is -2.22. The molecule has 6 heteroatoms. The molecule has 26 heavy (non-hydrogen) atoms. The number of rotatable bonds is 5. The summed E-state index contributed by atoms with van der Waals surface area (Å²) in [5.74, 6) is 0.229. The third-order valence-corrected chi connectivity index (χ3v) is 4.43. The molecule has 136 valence electrons. The van der Waals surface area contributed by atoms with E-state index in [4.69, 9.17) is 9.47 Å². The fourth-order valence-corrected chi connectivity index (χ4v) is 3.24. The van der Waals surface area contributed by atoms with Gasteiger partial charge in [-0.2, -0.15) is 0 Å². The van der Waals surface area contributed by atoms with Gasteiger partial charge in [-0.1, -0.05) is 30.8 Å². The van der Waals surface area contributed by atoms with Crippen molar-refractivity contribution >= 4 is 22.8 Å². The molecule has 0 atom stereocenters. The predicted octanol–water partition coefficient (Wildman–Crippen LogP) is 3.24. The second kappa shape index (κ2) is 7.91. The highest BCUT2D eigenvalue weighted by molar-refractivity contribution is 5.97. The van der Waals surface area contributed by atoms with Crippen molar-refractivity contribution in [1.29, 1.82) is 0 Å². The number of hydrogen-bond donors (Lipinski definition) is 2. The van der Waals surface area contributed by atoms with Crippen LogP contribution in [0.5, 0.6) is 11.5 Å². The van der Waals surface area contributed by atoms with E-state index in [0.29, 0.717) is 16.5 Å². The Labute approximate surface area is 151 Å². The molecule has 1 aliphatic rings. The Morgan fingerprint density at radius 2 is 1.85 bits per heavy atom. The van der Waals surface area contributed by atoms with E-state index in [1.807, 2.05) is 24.3 Å². The largest absolute Gasteiger partial charge is 0.507 e. The highest BCUT2D eigenvalue weighted by atomic mass is 16.6. The van der Waals surface area contributed by atoms with Gasteiger partial charge in [-0.25, -0.2) is 9.59 Å². The standard InChI is InChI=1S/C20H21NO5/c1-2-17(22)25-12-11-21-20(24)26-19-15-9-5-3-7-13(15)18(23)14-8-4-6-10-16(14)19/h2-3,5,7,9,23H,1,4,6,8,10-12H2,(H,21,24). The van der Waals surface area contributed by atoms with Gasteiger partial charge in [0.05, 0.1) is 6.54 Å². The van der Waals surface area contributed by atoms with E-state index < -0.39 is 12.1 Å². The first-order chi connectivity index (χ1) is 12.6. The molecule has 1 aliphatic carbocycles. The number of nitrogens with one attached hydrogen (secondary N) is 1. The predicted molar refractivity (Wildman–Crippen MR) is 97.4 cm³/mol. The van der Waals surface area contributed by atoms with Gasteiger partial charge < -0.3 is 19.9 Å². The van der Waals surface area contributed by atoms with E-state index in [2.05, 4.69) is 11.9 Å². The molecule has 0 saturated carbocycles. The molecule has 0 aliphatic heterocycles. The SMILES string of the molecule is C=CC(=O)OCCNC(=O)Oc1c2c(c(O)c3ccccc13)CCCC2. The number of ether oxygens (including phenoxy) is 2. The second-order valence-corrected chi connectivity index (χ2v) is 6.08. The van der Waals surface area contributed by atoms with Gasteiger partial charge in [-0.15, -0.1) is 0 Å². The number of carbonyl (C=O) groups excluding carboxylic acids is 2. The molecule has 0 bridgehead atoms. The summed E-state index contributed by atoms with van der Waals surface area (Å²) in [7, 11) is 0. The van der Waals surface area contributed by atoms with Crippen LogP contribution in [0.2, 0.25) is 0 Å². The summed E-state index contributed by atoms with van der Waals surface area (Å²) in [5, 5.41) is 14.5. The van der Waals surface area contributed by atoms with E-state index >= 15 is 0 Å². The summed E-state index contributed by atoms with van der Waals surface area (Å²) in [5.41, 5.74) is 1.75. The minimum absolute atomic E-state index is 0.0361. The lowest BCUT2D eigenvalue weighted by Crippen LogP contribution is -2.31. The third-order valence-electron chi connectivity index (χ3n) is 4.43. The summed E-state index contributed by atoms with van der Waals surface area (Å²) in [4.78, 5) is 23.2. The Morgan fingerprint density at radius 1 is 1.15 bits per heavy atom. The van der Waals surface area contributed by atoms with Crippen molar-refractivity contribution in [3.8, 4) is 11.5 Å². The number of phenols is 1. The molecule has 0 fully saturated rings. The summed E-state index contributed by atoms with van der Waals surface area (Å²) < 4.78 is 10.4. The Bertz CT molecular complexity index is 859. The number of aromatic hydroxyl groups is 1. The molecule has 0 radical (unpaired) electrons. The van der Waals surface area contributed by atoms with Crippen molar-refractivity contribution in [3.05, 3.63) is 48.0 Å². The molecular formula is C20H21NO5. The quantitative estimate of drug-likeness (QED) is 0.489. The fraction of sp³-hybridized carbons (Fsp3) is 0.300. The molecule has 0 aromatic heterocycles. The van der Waals surface area contributed by atoms with Crippen LogP contribution in [-0.2, 0) is 22.4 Å². The summed E-state index contributed by atoms with van der Waals surface area (Å²) >= 11 is 0. The van der Waals surface area contributed by atoms with E-state index in [-0.39, 0.29) is 18.9 Å². The molecule has 0 unspecified atom stereocenters. The zero-order chi connectivity index (χ0) is 18.5. The minimum Gasteiger partial charge on any atom is -0.507 e. The van der Waals surface area contributed by atoms with Gasteiger partial charge in [0.25, 0.3) is 0 Å². The van der Waals surface area contributed by atoms with Gasteiger partial charge in [0.2, 0.25) is 0 Å². The third kappa shape index (κ3) is 3.64. The molecule has 3 rings (SSSR count). The first-order valence-corrected chi connectivity index (χ1v) is 8.62. The van der Waals surface area contributed by atoms with Crippen LogP contribution in [0.4, 0.5) is 4.79 Å². The first kappa shape index (κ1) is 17.8. The molecule has 0 heterocycles. The molecule has 2 N–H and O–H groups in total. The molecule has 6 nitrogen and oxygen atoms in total. The van der Waals surface area contributed by atoms with E-state index in [1.165, 1.54) is 0 Å². The Balaban J connectivity index is 1.81. The van der Waals surface area contributed by atoms with E-state index in [0.717, 1.165) is 42.9 Å². The van der Waals surface area contributed by atoms with Crippen LogP contribution in [0.15, 0.2) is 36.9 Å². The van der Waals surface area contributed by atoms with Crippen LogP contribution in [0, 0.1) is 0 Å². The lowest BCUT2D eigenvalue weighted by atomic mass is 9.87. The normalized spacial score (nSPS) is 12.9. The van der Waals surface area contributed by atoms with Crippen LogP contribution in [0.25, 0.3) is 10.8 Å². The number of carbonyl (C=O) groups is 2. The minimum atomic E-state index is -0.622. The van der Waals surface area contributed by atoms with Crippen LogP contribution < -0.4 is 10.1 Å². The zero-order valence-electron chi connectivity index (χ0n) is 14.4. The fourth-order valence-electron chi connectivity index (χ4n) is 3.24. The maximum atomic E-state index is 12.2. The van der Waals surface area contributed by atoms with Crippen LogP contribution in [0.1, 0.15) is 24.0 Å². The van der Waals surface area contributed by atoms with Crippen LogP contribution >= 0.6 is 0 Å². The van der Waals surface area contributed by atoms with Gasteiger partial charge in [0.1, 0.15) is 18.1 Å². The average Bonchev–Trinajstić information content (AvgIpc) is 2.68. The van der Waals surface area contributed by atoms with Crippen molar-refractivity contribution in [2.45, 2.75) is 25.7 Å². The number of fused-ring (bicyclic) bond motifs is 2. The monoisotopic (exact) mass is 355 g/mol. The van der Waals surface area contributed by atoms with E-state index in [1.54, 1.807) is 0 Å². The number of benzene rings is 2. The highest BCUT2D eigenvalue weighted by Gasteiger charge is 2.23. The Hall–Kier alpha value is -3.02. The smallest absolute Gasteiger partial charge is 0.412 e. The second-order valence-electron chi connectivity index (χ2n) is 6.08. The molecular weight excluding hydrogens is 334 g/mol. The average molecular weight is 355 g/mol. The molecule has 1 amide bonds. The van der Waals surface area contributed by atoms with E-state index in [9.17, 15) is 14.7 Å². The number of amides is 1. The summed E-state index contributed by atoms with van der Waals surface area (Å²) in [6, 6.07) is 7.34. The van der Waals surface area contributed by atoms with Gasteiger partial charge in [-0.05, 0) is 25.7 Å².